The van der Waals surface area contributed by atoms with Crippen molar-refractivity contribution in [2.75, 3.05) is 16.6 Å². The van der Waals surface area contributed by atoms with Crippen LogP contribution in [0.2, 0.25) is 0 Å². The fourth-order valence-electron chi connectivity index (χ4n) is 2.60. The zero-order valence-corrected chi connectivity index (χ0v) is 17.4. The topological polar surface area (TPSA) is 104 Å². The van der Waals surface area contributed by atoms with Crippen LogP contribution in [0, 0.1) is 23.3 Å². The molecule has 0 bridgehead atoms. The first-order valence-electron chi connectivity index (χ1n) is 9.17. The number of rotatable bonds is 7. The van der Waals surface area contributed by atoms with Crippen molar-refractivity contribution in [2.24, 2.45) is 0 Å². The van der Waals surface area contributed by atoms with E-state index >= 15 is 0 Å². The largest absolute Gasteiger partial charge is 0.343 e. The molecule has 0 spiro atoms. The van der Waals surface area contributed by atoms with Gasteiger partial charge in [0.2, 0.25) is 5.91 Å². The van der Waals surface area contributed by atoms with Gasteiger partial charge in [-0.25, -0.2) is 26.0 Å². The third-order valence-electron chi connectivity index (χ3n) is 4.24. The molecular formula is C21H15F4N3O4S. The number of carbonyl (C=O) groups is 2. The Morgan fingerprint density at radius 3 is 2.06 bits per heavy atom. The van der Waals surface area contributed by atoms with Gasteiger partial charge in [0.15, 0.2) is 17.5 Å². The van der Waals surface area contributed by atoms with Crippen molar-refractivity contribution in [3.8, 4) is 0 Å². The minimum Gasteiger partial charge on any atom is -0.343 e. The van der Waals surface area contributed by atoms with Crippen LogP contribution in [0.5, 0.6) is 0 Å². The summed E-state index contributed by atoms with van der Waals surface area (Å²) in [6, 6.07) is 10.8. The highest BCUT2D eigenvalue weighted by atomic mass is 32.2. The summed E-state index contributed by atoms with van der Waals surface area (Å²) in [4.78, 5) is 23.9. The van der Waals surface area contributed by atoms with E-state index in [-0.39, 0.29) is 16.1 Å². The molecule has 3 rings (SSSR count). The Labute approximate surface area is 185 Å². The van der Waals surface area contributed by atoms with Gasteiger partial charge in [-0.1, -0.05) is 0 Å². The SMILES string of the molecule is O=C(CNC(=O)c1ccc(NS(=O)(=O)c2ccc(F)cc2)cc1)Nc1ccc(F)c(F)c1F. The van der Waals surface area contributed by atoms with Crippen molar-refractivity contribution in [1.29, 1.82) is 0 Å². The molecule has 0 radical (unpaired) electrons. The molecule has 7 nitrogen and oxygen atoms in total. The molecule has 0 aliphatic rings. The monoisotopic (exact) mass is 481 g/mol. The highest BCUT2D eigenvalue weighted by molar-refractivity contribution is 7.92. The highest BCUT2D eigenvalue weighted by Crippen LogP contribution is 2.20. The van der Waals surface area contributed by atoms with E-state index in [4.69, 9.17) is 0 Å². The third-order valence-corrected chi connectivity index (χ3v) is 5.64. The summed E-state index contributed by atoms with van der Waals surface area (Å²) in [5, 5.41) is 4.25. The van der Waals surface area contributed by atoms with Gasteiger partial charge in [-0.15, -0.1) is 0 Å². The summed E-state index contributed by atoms with van der Waals surface area (Å²) in [6.45, 7) is -0.601. The summed E-state index contributed by atoms with van der Waals surface area (Å²) in [6.07, 6.45) is 0. The highest BCUT2D eigenvalue weighted by Gasteiger charge is 2.17. The normalized spacial score (nSPS) is 11.0. The summed E-state index contributed by atoms with van der Waals surface area (Å²) in [5.74, 6) is -6.92. The predicted molar refractivity (Wildman–Crippen MR) is 111 cm³/mol. The lowest BCUT2D eigenvalue weighted by Gasteiger charge is -2.10. The average Bonchev–Trinajstić information content (AvgIpc) is 2.78. The van der Waals surface area contributed by atoms with E-state index in [1.807, 2.05) is 5.32 Å². The molecular weight excluding hydrogens is 466 g/mol. The Hall–Kier alpha value is -3.93. The number of carbonyl (C=O) groups excluding carboxylic acids is 2. The van der Waals surface area contributed by atoms with Crippen molar-refractivity contribution in [3.05, 3.63) is 89.5 Å². The maximum atomic E-state index is 13.6. The average molecular weight is 481 g/mol. The Balaban J connectivity index is 1.57. The van der Waals surface area contributed by atoms with Gasteiger partial charge in [0.05, 0.1) is 17.1 Å². The van der Waals surface area contributed by atoms with E-state index in [0.717, 1.165) is 30.3 Å². The number of amides is 2. The molecule has 3 N–H and O–H groups in total. The molecule has 2 amide bonds. The number of sulfonamides is 1. The van der Waals surface area contributed by atoms with Gasteiger partial charge in [0, 0.05) is 11.3 Å². The van der Waals surface area contributed by atoms with Crippen LogP contribution in [0.25, 0.3) is 0 Å². The van der Waals surface area contributed by atoms with E-state index < -0.39 is 57.3 Å². The number of benzene rings is 3. The van der Waals surface area contributed by atoms with E-state index in [1.165, 1.54) is 24.3 Å². The van der Waals surface area contributed by atoms with Gasteiger partial charge < -0.3 is 10.6 Å². The maximum absolute atomic E-state index is 13.6. The van der Waals surface area contributed by atoms with Crippen LogP contribution in [-0.2, 0) is 14.8 Å². The molecule has 3 aromatic rings. The molecule has 0 atom stereocenters. The third kappa shape index (κ3) is 5.86. The number of anilines is 2. The number of halogens is 4. The standard InChI is InChI=1S/C21H15F4N3O4S/c22-13-3-7-15(8-4-13)33(31,32)28-14-5-1-12(2-6-14)21(30)26-11-18(29)27-17-10-9-16(23)19(24)20(17)25/h1-10,28H,11H2,(H,26,30)(H,27,29). The van der Waals surface area contributed by atoms with Crippen molar-refractivity contribution >= 4 is 33.2 Å². The molecule has 0 aliphatic heterocycles. The molecule has 33 heavy (non-hydrogen) atoms. The van der Waals surface area contributed by atoms with Crippen LogP contribution in [0.4, 0.5) is 28.9 Å². The van der Waals surface area contributed by atoms with Crippen LogP contribution in [0.15, 0.2) is 65.6 Å². The molecule has 0 fully saturated rings. The molecule has 0 saturated heterocycles. The predicted octanol–water partition coefficient (Wildman–Crippen LogP) is 3.41. The van der Waals surface area contributed by atoms with Crippen molar-refractivity contribution in [1.82, 2.24) is 5.32 Å². The minimum atomic E-state index is -3.97. The molecule has 3 aromatic carbocycles. The van der Waals surface area contributed by atoms with Crippen molar-refractivity contribution in [2.45, 2.75) is 4.90 Å². The van der Waals surface area contributed by atoms with Crippen LogP contribution in [-0.4, -0.2) is 26.8 Å². The lowest BCUT2D eigenvalue weighted by Crippen LogP contribution is -2.33. The first kappa shape index (κ1) is 23.7. The fraction of sp³-hybridized carbons (Fsp3) is 0.0476. The van der Waals surface area contributed by atoms with Crippen LogP contribution >= 0.6 is 0 Å². The molecule has 0 heterocycles. The van der Waals surface area contributed by atoms with Gasteiger partial charge in [-0.05, 0) is 60.7 Å². The second kappa shape index (κ2) is 9.69. The lowest BCUT2D eigenvalue weighted by molar-refractivity contribution is -0.115. The maximum Gasteiger partial charge on any atom is 0.261 e. The van der Waals surface area contributed by atoms with Crippen LogP contribution in [0.1, 0.15) is 10.4 Å². The second-order valence-corrected chi connectivity index (χ2v) is 8.27. The number of nitrogens with one attached hydrogen (secondary N) is 3. The van der Waals surface area contributed by atoms with Crippen LogP contribution in [0.3, 0.4) is 0 Å². The Kier molecular flexibility index (Phi) is 6.97. The minimum absolute atomic E-state index is 0.0755. The fourth-order valence-corrected chi connectivity index (χ4v) is 3.66. The van der Waals surface area contributed by atoms with E-state index in [0.29, 0.717) is 6.07 Å². The summed E-state index contributed by atoms with van der Waals surface area (Å²) >= 11 is 0. The first-order chi connectivity index (χ1) is 15.6. The smallest absolute Gasteiger partial charge is 0.261 e. The zero-order valence-electron chi connectivity index (χ0n) is 16.5. The van der Waals surface area contributed by atoms with Crippen LogP contribution < -0.4 is 15.4 Å². The van der Waals surface area contributed by atoms with Gasteiger partial charge in [-0.2, -0.15) is 0 Å². The Morgan fingerprint density at radius 2 is 1.42 bits per heavy atom. The van der Waals surface area contributed by atoms with Crippen molar-refractivity contribution in [3.63, 3.8) is 0 Å². The lowest BCUT2D eigenvalue weighted by atomic mass is 10.2. The van der Waals surface area contributed by atoms with Gasteiger partial charge in [0.1, 0.15) is 5.82 Å². The number of hydrogen-bond donors (Lipinski definition) is 3. The number of hydrogen-bond acceptors (Lipinski definition) is 4. The van der Waals surface area contributed by atoms with E-state index in [9.17, 15) is 35.6 Å². The quantitative estimate of drug-likeness (QED) is 0.355. The molecule has 172 valence electrons. The zero-order chi connectivity index (χ0) is 24.2. The molecule has 12 heteroatoms. The Morgan fingerprint density at radius 1 is 0.788 bits per heavy atom. The summed E-state index contributed by atoms with van der Waals surface area (Å²) in [5.41, 5.74) is -0.389. The van der Waals surface area contributed by atoms with Gasteiger partial charge >= 0.3 is 0 Å². The van der Waals surface area contributed by atoms with Crippen molar-refractivity contribution < 1.29 is 35.6 Å². The summed E-state index contributed by atoms with van der Waals surface area (Å²) in [7, 11) is -3.97. The molecule has 0 aliphatic carbocycles. The van der Waals surface area contributed by atoms with E-state index in [2.05, 4.69) is 10.0 Å². The molecule has 0 aromatic heterocycles. The summed E-state index contributed by atoms with van der Waals surface area (Å²) < 4.78 is 79.5. The van der Waals surface area contributed by atoms with E-state index in [1.54, 1.807) is 0 Å². The van der Waals surface area contributed by atoms with Gasteiger partial charge in [0.25, 0.3) is 15.9 Å². The first-order valence-corrected chi connectivity index (χ1v) is 10.6. The molecule has 0 saturated carbocycles. The van der Waals surface area contributed by atoms with Gasteiger partial charge in [-0.3, -0.25) is 14.3 Å². The second-order valence-electron chi connectivity index (χ2n) is 6.59. The Bertz CT molecular complexity index is 1300. The molecule has 0 unspecified atom stereocenters.